The van der Waals surface area contributed by atoms with Crippen molar-refractivity contribution >= 4 is 21.9 Å². The zero-order valence-electron chi connectivity index (χ0n) is 30.6. The summed E-state index contributed by atoms with van der Waals surface area (Å²) in [5, 5.41) is 2.22. The number of aromatic nitrogens is 3. The molecular formula is C52H31N3O2. The second-order valence-corrected chi connectivity index (χ2v) is 14.7. The van der Waals surface area contributed by atoms with Crippen LogP contribution in [0.15, 0.2) is 192 Å². The predicted molar refractivity (Wildman–Crippen MR) is 226 cm³/mol. The standard InChI is InChI=1S/C52H31N3O2/c1-2-13-33(14-3-1)49-53-50(34-27-25-32(26-28-34)36-18-12-19-40-39-17-6-10-23-45(39)57-48(36)40)55-51(54-49)35-29-30-47-44(31-35)52(43-22-9-11-24-46(43)56-47)41-20-7-4-15-37(41)38-16-5-8-21-42(38)52/h1-31H. The maximum atomic E-state index is 6.70. The number of hydrogen-bond acceptors (Lipinski definition) is 5. The fourth-order valence-corrected chi connectivity index (χ4v) is 9.12. The summed E-state index contributed by atoms with van der Waals surface area (Å²) in [5.74, 6) is 3.47. The van der Waals surface area contributed by atoms with E-state index in [0.717, 1.165) is 72.4 Å². The number of furan rings is 1. The maximum absolute atomic E-state index is 6.70. The van der Waals surface area contributed by atoms with Gasteiger partial charge in [0.25, 0.3) is 0 Å². The summed E-state index contributed by atoms with van der Waals surface area (Å²) in [6.07, 6.45) is 0. The molecule has 0 fully saturated rings. The molecular weight excluding hydrogens is 699 g/mol. The molecule has 2 aromatic heterocycles. The van der Waals surface area contributed by atoms with Crippen LogP contribution in [0.5, 0.6) is 11.5 Å². The summed E-state index contributed by atoms with van der Waals surface area (Å²) in [4.78, 5) is 15.4. The molecule has 2 aliphatic rings. The Bertz CT molecular complexity index is 3180. The van der Waals surface area contributed by atoms with E-state index in [1.54, 1.807) is 0 Å². The molecule has 0 atom stereocenters. The minimum Gasteiger partial charge on any atom is -0.457 e. The lowest BCUT2D eigenvalue weighted by Crippen LogP contribution is -2.32. The van der Waals surface area contributed by atoms with Gasteiger partial charge in [-0.3, -0.25) is 0 Å². The third-order valence-corrected chi connectivity index (χ3v) is 11.6. The second-order valence-electron chi connectivity index (χ2n) is 14.7. The van der Waals surface area contributed by atoms with E-state index in [2.05, 4.69) is 133 Å². The van der Waals surface area contributed by atoms with Gasteiger partial charge in [-0.1, -0.05) is 158 Å². The molecule has 3 heterocycles. The van der Waals surface area contributed by atoms with E-state index in [1.807, 2.05) is 54.6 Å². The summed E-state index contributed by atoms with van der Waals surface area (Å²) in [5.41, 5.74) is 13.1. The van der Waals surface area contributed by atoms with Crippen molar-refractivity contribution in [3.8, 4) is 67.9 Å². The number of ether oxygens (including phenoxy) is 1. The van der Waals surface area contributed by atoms with Crippen molar-refractivity contribution in [3.63, 3.8) is 0 Å². The van der Waals surface area contributed by atoms with Crippen molar-refractivity contribution in [2.24, 2.45) is 0 Å². The van der Waals surface area contributed by atoms with Crippen molar-refractivity contribution in [1.82, 2.24) is 15.0 Å². The van der Waals surface area contributed by atoms with Crippen molar-refractivity contribution in [1.29, 1.82) is 0 Å². The van der Waals surface area contributed by atoms with Gasteiger partial charge in [0, 0.05) is 44.2 Å². The Morgan fingerprint density at radius 3 is 1.63 bits per heavy atom. The van der Waals surface area contributed by atoms with Gasteiger partial charge >= 0.3 is 0 Å². The molecule has 0 amide bonds. The molecule has 0 N–H and O–H groups in total. The lowest BCUT2D eigenvalue weighted by molar-refractivity contribution is 0.436. The Morgan fingerprint density at radius 1 is 0.351 bits per heavy atom. The smallest absolute Gasteiger partial charge is 0.164 e. The topological polar surface area (TPSA) is 61.0 Å². The summed E-state index contributed by atoms with van der Waals surface area (Å²) < 4.78 is 13.1. The fourth-order valence-electron chi connectivity index (χ4n) is 9.12. The predicted octanol–water partition coefficient (Wildman–Crippen LogP) is 12.9. The molecule has 10 aromatic rings. The van der Waals surface area contributed by atoms with E-state index in [-0.39, 0.29) is 0 Å². The Balaban J connectivity index is 1.03. The average molecular weight is 730 g/mol. The minimum atomic E-state index is -0.593. The van der Waals surface area contributed by atoms with Crippen LogP contribution in [-0.4, -0.2) is 15.0 Å². The highest BCUT2D eigenvalue weighted by atomic mass is 16.5. The largest absolute Gasteiger partial charge is 0.457 e. The number of rotatable bonds is 4. The van der Waals surface area contributed by atoms with Crippen LogP contribution in [-0.2, 0) is 5.41 Å². The van der Waals surface area contributed by atoms with E-state index < -0.39 is 5.41 Å². The number of nitrogens with zero attached hydrogens (tertiary/aromatic N) is 3. The van der Waals surface area contributed by atoms with E-state index in [9.17, 15) is 0 Å². The van der Waals surface area contributed by atoms with Crippen molar-refractivity contribution in [2.45, 2.75) is 5.41 Å². The fraction of sp³-hybridized carbons (Fsp3) is 0.0192. The summed E-state index contributed by atoms with van der Waals surface area (Å²) in [6.45, 7) is 0. The minimum absolute atomic E-state index is 0.589. The first kappa shape index (κ1) is 31.7. The number of para-hydroxylation sites is 3. The maximum Gasteiger partial charge on any atom is 0.164 e. The monoisotopic (exact) mass is 729 g/mol. The van der Waals surface area contributed by atoms with Crippen LogP contribution >= 0.6 is 0 Å². The number of hydrogen-bond donors (Lipinski definition) is 0. The Labute approximate surface area is 328 Å². The van der Waals surface area contributed by atoms with Crippen molar-refractivity contribution in [2.75, 3.05) is 0 Å². The van der Waals surface area contributed by atoms with Gasteiger partial charge in [-0.25, -0.2) is 15.0 Å². The number of fused-ring (bicyclic) bond motifs is 12. The quantitative estimate of drug-likeness (QED) is 0.180. The molecule has 8 aromatic carbocycles. The van der Waals surface area contributed by atoms with Gasteiger partial charge in [-0.05, 0) is 58.1 Å². The van der Waals surface area contributed by atoms with Gasteiger partial charge in [0.05, 0.1) is 5.41 Å². The Hall–Kier alpha value is -7.63. The van der Waals surface area contributed by atoms with Crippen molar-refractivity contribution < 1.29 is 9.15 Å². The van der Waals surface area contributed by atoms with E-state index in [4.69, 9.17) is 24.1 Å². The molecule has 5 nitrogen and oxygen atoms in total. The molecule has 1 spiro atoms. The van der Waals surface area contributed by atoms with Crippen LogP contribution in [0.3, 0.4) is 0 Å². The summed E-state index contributed by atoms with van der Waals surface area (Å²) in [6, 6.07) is 65.4. The highest BCUT2D eigenvalue weighted by Crippen LogP contribution is 2.62. The first-order valence-electron chi connectivity index (χ1n) is 19.2. The highest BCUT2D eigenvalue weighted by Gasteiger charge is 2.51. The molecule has 0 radical (unpaired) electrons. The average Bonchev–Trinajstić information content (AvgIpc) is 3.81. The third kappa shape index (κ3) is 4.66. The van der Waals surface area contributed by atoms with Crippen LogP contribution in [0.4, 0.5) is 0 Å². The van der Waals surface area contributed by atoms with Gasteiger partial charge < -0.3 is 9.15 Å². The molecule has 0 saturated carbocycles. The van der Waals surface area contributed by atoms with Gasteiger partial charge in [0.1, 0.15) is 22.7 Å². The van der Waals surface area contributed by atoms with E-state index in [1.165, 1.54) is 22.3 Å². The lowest BCUT2D eigenvalue weighted by Gasteiger charge is -2.39. The summed E-state index contributed by atoms with van der Waals surface area (Å²) >= 11 is 0. The second kappa shape index (κ2) is 12.2. The normalized spacial score (nSPS) is 13.2. The molecule has 5 heteroatoms. The van der Waals surface area contributed by atoms with Crippen molar-refractivity contribution in [3.05, 3.63) is 210 Å². The van der Waals surface area contributed by atoms with E-state index in [0.29, 0.717) is 17.5 Å². The molecule has 0 saturated heterocycles. The molecule has 12 rings (SSSR count). The first-order valence-corrected chi connectivity index (χ1v) is 19.2. The third-order valence-electron chi connectivity index (χ3n) is 11.6. The number of benzene rings is 8. The van der Waals surface area contributed by atoms with Crippen LogP contribution < -0.4 is 4.74 Å². The van der Waals surface area contributed by atoms with Gasteiger partial charge in [-0.2, -0.15) is 0 Å². The molecule has 1 aliphatic heterocycles. The molecule has 1 aliphatic carbocycles. The van der Waals surface area contributed by atoms with E-state index >= 15 is 0 Å². The lowest BCUT2D eigenvalue weighted by atomic mass is 9.66. The van der Waals surface area contributed by atoms with Crippen LogP contribution in [0.2, 0.25) is 0 Å². The van der Waals surface area contributed by atoms with Crippen LogP contribution in [0, 0.1) is 0 Å². The Kier molecular flexibility index (Phi) is 6.78. The zero-order valence-corrected chi connectivity index (χ0v) is 30.6. The van der Waals surface area contributed by atoms with Gasteiger partial charge in [0.2, 0.25) is 0 Å². The molecule has 57 heavy (non-hydrogen) atoms. The molecule has 266 valence electrons. The van der Waals surface area contributed by atoms with Crippen LogP contribution in [0.25, 0.3) is 78.4 Å². The Morgan fingerprint density at radius 2 is 0.877 bits per heavy atom. The molecule has 0 bridgehead atoms. The SMILES string of the molecule is c1ccc(-c2nc(-c3ccc(-c4cccc5c4oc4ccccc45)cc3)nc(-c3ccc4c(c3)C3(c5ccccc5O4)c4ccccc4-c4ccccc43)n2)cc1. The van der Waals surface area contributed by atoms with Crippen LogP contribution in [0.1, 0.15) is 22.3 Å². The van der Waals surface area contributed by atoms with Gasteiger partial charge in [-0.15, -0.1) is 0 Å². The summed E-state index contributed by atoms with van der Waals surface area (Å²) in [7, 11) is 0. The molecule has 0 unspecified atom stereocenters. The first-order chi connectivity index (χ1) is 28.2. The zero-order chi connectivity index (χ0) is 37.5. The van der Waals surface area contributed by atoms with Gasteiger partial charge in [0.15, 0.2) is 17.5 Å². The highest BCUT2D eigenvalue weighted by molar-refractivity contribution is 6.09.